The minimum absolute atomic E-state index is 0.833. The van der Waals surface area contributed by atoms with E-state index in [-0.39, 0.29) is 0 Å². The van der Waals surface area contributed by atoms with Crippen LogP contribution in [0.5, 0.6) is 0 Å². The summed E-state index contributed by atoms with van der Waals surface area (Å²) < 4.78 is 1.15. The summed E-state index contributed by atoms with van der Waals surface area (Å²) in [5.74, 6) is 1.01. The number of thiophene rings is 1. The first kappa shape index (κ1) is 11.2. The second-order valence-electron chi connectivity index (χ2n) is 4.09. The van der Waals surface area contributed by atoms with Crippen molar-refractivity contribution in [3.63, 3.8) is 0 Å². The molecule has 2 aromatic heterocycles. The van der Waals surface area contributed by atoms with Gasteiger partial charge in [-0.1, -0.05) is 0 Å². The first-order valence-electron chi connectivity index (χ1n) is 5.62. The summed E-state index contributed by atoms with van der Waals surface area (Å²) in [6.45, 7) is 0.833. The largest absolute Gasteiger partial charge is 0.365 e. The average Bonchev–Trinajstić information content (AvgIpc) is 2.94. The molecule has 1 aliphatic carbocycles. The molecule has 3 nitrogen and oxygen atoms in total. The summed E-state index contributed by atoms with van der Waals surface area (Å²) in [4.78, 5) is 9.97. The Hall–Kier alpha value is -0.940. The normalized spacial score (nSPS) is 13.7. The Kier molecular flexibility index (Phi) is 3.11. The lowest BCUT2D eigenvalue weighted by Gasteiger charge is -2.08. The van der Waals surface area contributed by atoms with Crippen LogP contribution in [0.3, 0.4) is 0 Å². The zero-order valence-corrected chi connectivity index (χ0v) is 11.6. The van der Waals surface area contributed by atoms with Gasteiger partial charge in [-0.15, -0.1) is 11.3 Å². The SMILES string of the molecule is Brc1csc(CNc2ncnc3c2CCC3)c1. The van der Waals surface area contributed by atoms with Crippen LogP contribution in [0.15, 0.2) is 22.2 Å². The van der Waals surface area contributed by atoms with Gasteiger partial charge in [0.15, 0.2) is 0 Å². The first-order valence-corrected chi connectivity index (χ1v) is 7.30. The summed E-state index contributed by atoms with van der Waals surface area (Å²) in [7, 11) is 0. The highest BCUT2D eigenvalue weighted by atomic mass is 79.9. The highest BCUT2D eigenvalue weighted by molar-refractivity contribution is 9.10. The van der Waals surface area contributed by atoms with Crippen molar-refractivity contribution in [3.8, 4) is 0 Å². The van der Waals surface area contributed by atoms with E-state index in [1.54, 1.807) is 17.7 Å². The molecule has 1 aliphatic rings. The third kappa shape index (κ3) is 2.35. The molecule has 0 bridgehead atoms. The smallest absolute Gasteiger partial charge is 0.133 e. The number of nitrogens with one attached hydrogen (secondary N) is 1. The Morgan fingerprint density at radius 3 is 3.12 bits per heavy atom. The summed E-state index contributed by atoms with van der Waals surface area (Å²) in [5.41, 5.74) is 2.53. The van der Waals surface area contributed by atoms with Crippen molar-refractivity contribution in [2.45, 2.75) is 25.8 Å². The Bertz CT molecular complexity index is 538. The van der Waals surface area contributed by atoms with Crippen LogP contribution in [-0.2, 0) is 19.4 Å². The lowest BCUT2D eigenvalue weighted by atomic mass is 10.2. The minimum Gasteiger partial charge on any atom is -0.365 e. The highest BCUT2D eigenvalue weighted by Crippen LogP contribution is 2.26. The Morgan fingerprint density at radius 2 is 2.29 bits per heavy atom. The van der Waals surface area contributed by atoms with Crippen molar-refractivity contribution in [2.75, 3.05) is 5.32 Å². The number of aromatic nitrogens is 2. The van der Waals surface area contributed by atoms with Crippen LogP contribution in [0.25, 0.3) is 0 Å². The molecule has 5 heteroatoms. The van der Waals surface area contributed by atoms with Gasteiger partial charge in [0.1, 0.15) is 12.1 Å². The van der Waals surface area contributed by atoms with Crippen molar-refractivity contribution in [1.29, 1.82) is 0 Å². The Balaban J connectivity index is 1.75. The van der Waals surface area contributed by atoms with Crippen LogP contribution in [0.1, 0.15) is 22.6 Å². The van der Waals surface area contributed by atoms with E-state index in [2.05, 4.69) is 42.7 Å². The van der Waals surface area contributed by atoms with Gasteiger partial charge in [0.25, 0.3) is 0 Å². The highest BCUT2D eigenvalue weighted by Gasteiger charge is 2.16. The lowest BCUT2D eigenvalue weighted by Crippen LogP contribution is -2.04. The molecule has 0 radical (unpaired) electrons. The van der Waals surface area contributed by atoms with Gasteiger partial charge in [-0.2, -0.15) is 0 Å². The summed E-state index contributed by atoms with van der Waals surface area (Å²) in [6.07, 6.45) is 5.06. The van der Waals surface area contributed by atoms with Crippen molar-refractivity contribution < 1.29 is 0 Å². The van der Waals surface area contributed by atoms with Crippen LogP contribution < -0.4 is 5.32 Å². The maximum atomic E-state index is 4.34. The van der Waals surface area contributed by atoms with E-state index in [1.165, 1.54) is 22.6 Å². The van der Waals surface area contributed by atoms with Gasteiger partial charge in [-0.25, -0.2) is 9.97 Å². The molecule has 88 valence electrons. The summed E-state index contributed by atoms with van der Waals surface area (Å²) in [6, 6.07) is 2.14. The summed E-state index contributed by atoms with van der Waals surface area (Å²) >= 11 is 5.21. The van der Waals surface area contributed by atoms with Gasteiger partial charge in [0.2, 0.25) is 0 Å². The monoisotopic (exact) mass is 309 g/mol. The Labute approximate surface area is 112 Å². The number of nitrogens with zero attached hydrogens (tertiary/aromatic N) is 2. The zero-order chi connectivity index (χ0) is 11.7. The molecule has 0 atom stereocenters. The number of hydrogen-bond donors (Lipinski definition) is 1. The van der Waals surface area contributed by atoms with Crippen LogP contribution in [0, 0.1) is 0 Å². The molecular weight excluding hydrogens is 298 g/mol. The predicted molar refractivity (Wildman–Crippen MR) is 73.4 cm³/mol. The van der Waals surface area contributed by atoms with Crippen molar-refractivity contribution >= 4 is 33.1 Å². The maximum Gasteiger partial charge on any atom is 0.133 e. The molecule has 0 aromatic carbocycles. The van der Waals surface area contributed by atoms with E-state index < -0.39 is 0 Å². The third-order valence-electron chi connectivity index (χ3n) is 2.93. The van der Waals surface area contributed by atoms with Gasteiger partial charge in [0, 0.05) is 26.0 Å². The second kappa shape index (κ2) is 4.74. The van der Waals surface area contributed by atoms with Gasteiger partial charge >= 0.3 is 0 Å². The number of rotatable bonds is 3. The molecule has 0 saturated heterocycles. The zero-order valence-electron chi connectivity index (χ0n) is 9.24. The van der Waals surface area contributed by atoms with Crippen LogP contribution in [-0.4, -0.2) is 9.97 Å². The number of fused-ring (bicyclic) bond motifs is 1. The predicted octanol–water partition coefficient (Wildman–Crippen LogP) is 3.40. The molecule has 2 heterocycles. The van der Waals surface area contributed by atoms with Crippen molar-refractivity contribution in [1.82, 2.24) is 9.97 Å². The molecule has 0 aliphatic heterocycles. The molecule has 0 saturated carbocycles. The van der Waals surface area contributed by atoms with Gasteiger partial charge in [-0.3, -0.25) is 0 Å². The van der Waals surface area contributed by atoms with Crippen LogP contribution >= 0.6 is 27.3 Å². The van der Waals surface area contributed by atoms with E-state index in [1.807, 2.05) is 0 Å². The van der Waals surface area contributed by atoms with E-state index in [9.17, 15) is 0 Å². The maximum absolute atomic E-state index is 4.34. The van der Waals surface area contributed by atoms with Crippen LogP contribution in [0.2, 0.25) is 0 Å². The topological polar surface area (TPSA) is 37.8 Å². The van der Waals surface area contributed by atoms with Gasteiger partial charge in [0.05, 0.1) is 6.54 Å². The average molecular weight is 310 g/mol. The van der Waals surface area contributed by atoms with E-state index in [0.29, 0.717) is 0 Å². The number of hydrogen-bond acceptors (Lipinski definition) is 4. The molecule has 0 unspecified atom stereocenters. The third-order valence-corrected chi connectivity index (χ3v) is 4.62. The van der Waals surface area contributed by atoms with Gasteiger partial charge in [-0.05, 0) is 41.3 Å². The van der Waals surface area contributed by atoms with Crippen molar-refractivity contribution in [3.05, 3.63) is 38.4 Å². The fourth-order valence-electron chi connectivity index (χ4n) is 2.13. The quantitative estimate of drug-likeness (QED) is 0.944. The molecule has 0 amide bonds. The fraction of sp³-hybridized carbons (Fsp3) is 0.333. The van der Waals surface area contributed by atoms with Crippen LogP contribution in [0.4, 0.5) is 5.82 Å². The molecule has 3 rings (SSSR count). The lowest BCUT2D eigenvalue weighted by molar-refractivity contribution is 0.899. The molecule has 17 heavy (non-hydrogen) atoms. The molecule has 1 N–H and O–H groups in total. The van der Waals surface area contributed by atoms with E-state index >= 15 is 0 Å². The van der Waals surface area contributed by atoms with Gasteiger partial charge < -0.3 is 5.32 Å². The molecule has 0 spiro atoms. The van der Waals surface area contributed by atoms with E-state index in [0.717, 1.165) is 29.7 Å². The molecule has 0 fully saturated rings. The standard InChI is InChI=1S/C12H12BrN3S/c13-8-4-9(17-6-8)5-14-12-10-2-1-3-11(10)15-7-16-12/h4,6-7H,1-3,5H2,(H,14,15,16). The second-order valence-corrected chi connectivity index (χ2v) is 6.00. The number of halogens is 1. The number of aryl methyl sites for hydroxylation is 1. The number of anilines is 1. The minimum atomic E-state index is 0.833. The Morgan fingerprint density at radius 1 is 1.35 bits per heavy atom. The summed E-state index contributed by atoms with van der Waals surface area (Å²) in [5, 5.41) is 5.51. The first-order chi connectivity index (χ1) is 8.33. The van der Waals surface area contributed by atoms with E-state index in [4.69, 9.17) is 0 Å². The fourth-order valence-corrected chi connectivity index (χ4v) is 3.52. The van der Waals surface area contributed by atoms with Crippen molar-refractivity contribution in [2.24, 2.45) is 0 Å². The molecular formula is C12H12BrN3S. The molecule has 2 aromatic rings.